The van der Waals surface area contributed by atoms with Gasteiger partial charge in [0.15, 0.2) is 0 Å². The van der Waals surface area contributed by atoms with Gasteiger partial charge in [-0.2, -0.15) is 0 Å². The Balaban J connectivity index is 1.71. The van der Waals surface area contributed by atoms with Crippen molar-refractivity contribution < 1.29 is 9.53 Å². The summed E-state index contributed by atoms with van der Waals surface area (Å²) in [5.41, 5.74) is 1.84. The maximum absolute atomic E-state index is 10.7. The smallest absolute Gasteiger partial charge is 0.237 e. The minimum absolute atomic E-state index is 0.491. The number of hydrogen-bond acceptors (Lipinski definition) is 2. The van der Waals surface area contributed by atoms with Crippen LogP contribution >= 0.6 is 0 Å². The molecule has 0 atom stereocenters. The average Bonchev–Trinajstić information content (AvgIpc) is 2.48. The van der Waals surface area contributed by atoms with E-state index in [1.165, 1.54) is 5.56 Å². The number of carbonyl (C=O) groups excluding carboxylic acids is 1. The lowest BCUT2D eigenvalue weighted by Crippen LogP contribution is -2.00. The standard InChI is InChI=1S/C17H17O2/c18-14-16-11-4-5-12-17(16)19-13-7-6-10-15-8-2-1-3-9-15/h1-5,8-9,11-12H,6-7,10,13H2. The molecule has 19 heavy (non-hydrogen) atoms. The molecule has 2 aromatic rings. The molecule has 2 rings (SSSR count). The Morgan fingerprint density at radius 3 is 2.42 bits per heavy atom. The Hall–Kier alpha value is -2.09. The monoisotopic (exact) mass is 253 g/mol. The second kappa shape index (κ2) is 7.37. The molecule has 0 N–H and O–H groups in total. The fourth-order valence-electron chi connectivity index (χ4n) is 1.93. The van der Waals surface area contributed by atoms with Crippen LogP contribution in [0.1, 0.15) is 24.0 Å². The minimum Gasteiger partial charge on any atom is -0.493 e. The van der Waals surface area contributed by atoms with Gasteiger partial charge >= 0.3 is 0 Å². The number of rotatable bonds is 7. The summed E-state index contributed by atoms with van der Waals surface area (Å²) in [6, 6.07) is 17.6. The van der Waals surface area contributed by atoms with E-state index in [0.29, 0.717) is 17.9 Å². The van der Waals surface area contributed by atoms with Crippen molar-refractivity contribution in [3.05, 3.63) is 65.7 Å². The molecule has 0 fully saturated rings. The first kappa shape index (κ1) is 13.3. The molecular weight excluding hydrogens is 236 g/mol. The Kier molecular flexibility index (Phi) is 5.17. The van der Waals surface area contributed by atoms with E-state index >= 15 is 0 Å². The molecule has 0 spiro atoms. The Labute approximate surface area is 114 Å². The number of benzene rings is 2. The molecule has 2 nitrogen and oxygen atoms in total. The highest BCUT2D eigenvalue weighted by Crippen LogP contribution is 2.16. The van der Waals surface area contributed by atoms with Gasteiger partial charge in [0.05, 0.1) is 12.2 Å². The van der Waals surface area contributed by atoms with Crippen LogP contribution in [-0.2, 0) is 11.2 Å². The van der Waals surface area contributed by atoms with Crippen LogP contribution in [0.3, 0.4) is 0 Å². The third-order valence-electron chi connectivity index (χ3n) is 2.96. The lowest BCUT2D eigenvalue weighted by molar-refractivity contribution is 0.306. The predicted molar refractivity (Wildman–Crippen MR) is 76.1 cm³/mol. The van der Waals surface area contributed by atoms with Gasteiger partial charge < -0.3 is 4.74 Å². The molecule has 0 aliphatic heterocycles. The minimum atomic E-state index is 0.491. The van der Waals surface area contributed by atoms with E-state index < -0.39 is 0 Å². The van der Waals surface area contributed by atoms with Crippen LogP contribution in [0, 0.1) is 0 Å². The zero-order chi connectivity index (χ0) is 13.3. The highest BCUT2D eigenvalue weighted by molar-refractivity contribution is 5.79. The lowest BCUT2D eigenvalue weighted by Gasteiger charge is -2.07. The van der Waals surface area contributed by atoms with Crippen molar-refractivity contribution in [3.63, 3.8) is 0 Å². The third-order valence-corrected chi connectivity index (χ3v) is 2.96. The van der Waals surface area contributed by atoms with Crippen molar-refractivity contribution in [2.75, 3.05) is 6.61 Å². The van der Waals surface area contributed by atoms with Gasteiger partial charge in [-0.15, -0.1) is 0 Å². The normalized spacial score (nSPS) is 10.1. The van der Waals surface area contributed by atoms with E-state index in [-0.39, 0.29) is 0 Å². The molecule has 97 valence electrons. The van der Waals surface area contributed by atoms with Gasteiger partial charge in [-0.1, -0.05) is 42.5 Å². The van der Waals surface area contributed by atoms with Crippen molar-refractivity contribution in [1.29, 1.82) is 0 Å². The van der Waals surface area contributed by atoms with Crippen LogP contribution in [0.25, 0.3) is 0 Å². The summed E-state index contributed by atoms with van der Waals surface area (Å²) in [7, 11) is 0. The number of hydrogen-bond donors (Lipinski definition) is 0. The van der Waals surface area contributed by atoms with Crippen molar-refractivity contribution in [2.24, 2.45) is 0 Å². The number of aryl methyl sites for hydroxylation is 1. The summed E-state index contributed by atoms with van der Waals surface area (Å²) in [4.78, 5) is 10.7. The molecule has 0 aliphatic carbocycles. The van der Waals surface area contributed by atoms with Crippen LogP contribution < -0.4 is 4.74 Å². The fraction of sp³-hybridized carbons (Fsp3) is 0.235. The second-order valence-corrected chi connectivity index (χ2v) is 4.39. The van der Waals surface area contributed by atoms with Crippen LogP contribution in [0.15, 0.2) is 54.6 Å². The van der Waals surface area contributed by atoms with E-state index in [2.05, 4.69) is 24.3 Å². The Morgan fingerprint density at radius 1 is 0.895 bits per heavy atom. The summed E-state index contributed by atoms with van der Waals surface area (Å²) in [5.74, 6) is 0.622. The highest BCUT2D eigenvalue weighted by Gasteiger charge is 2.01. The van der Waals surface area contributed by atoms with E-state index in [1.807, 2.05) is 24.5 Å². The van der Waals surface area contributed by atoms with Crippen LogP contribution in [-0.4, -0.2) is 12.9 Å². The van der Waals surface area contributed by atoms with Gasteiger partial charge in [0.25, 0.3) is 0 Å². The molecule has 0 unspecified atom stereocenters. The van der Waals surface area contributed by atoms with Gasteiger partial charge in [-0.05, 0) is 37.0 Å². The first-order valence-electron chi connectivity index (χ1n) is 6.54. The van der Waals surface area contributed by atoms with Gasteiger partial charge in [0.2, 0.25) is 6.29 Å². The molecule has 0 saturated heterocycles. The fourth-order valence-corrected chi connectivity index (χ4v) is 1.93. The first-order valence-corrected chi connectivity index (χ1v) is 6.54. The Morgan fingerprint density at radius 2 is 1.63 bits per heavy atom. The van der Waals surface area contributed by atoms with Crippen molar-refractivity contribution in [3.8, 4) is 5.75 Å². The molecule has 0 saturated carbocycles. The number of unbranched alkanes of at least 4 members (excludes halogenated alkanes) is 1. The van der Waals surface area contributed by atoms with E-state index in [9.17, 15) is 4.79 Å². The number of para-hydroxylation sites is 1. The summed E-state index contributed by atoms with van der Waals surface area (Å²) in [6.45, 7) is 0.630. The summed E-state index contributed by atoms with van der Waals surface area (Å²) < 4.78 is 5.60. The maximum Gasteiger partial charge on any atom is 0.237 e. The zero-order valence-electron chi connectivity index (χ0n) is 10.8. The van der Waals surface area contributed by atoms with Crippen molar-refractivity contribution >= 4 is 6.29 Å². The molecule has 1 radical (unpaired) electrons. The van der Waals surface area contributed by atoms with Gasteiger partial charge in [0, 0.05) is 0 Å². The van der Waals surface area contributed by atoms with E-state index in [1.54, 1.807) is 12.1 Å². The van der Waals surface area contributed by atoms with Gasteiger partial charge in [-0.3, -0.25) is 4.79 Å². The summed E-state index contributed by atoms with van der Waals surface area (Å²) in [5, 5.41) is 0. The summed E-state index contributed by atoms with van der Waals surface area (Å²) in [6.07, 6.45) is 5.00. The second-order valence-electron chi connectivity index (χ2n) is 4.39. The van der Waals surface area contributed by atoms with Crippen LogP contribution in [0.4, 0.5) is 0 Å². The van der Waals surface area contributed by atoms with Crippen molar-refractivity contribution in [1.82, 2.24) is 0 Å². The largest absolute Gasteiger partial charge is 0.493 e. The molecule has 0 aromatic heterocycles. The SMILES string of the molecule is O=[C]c1ccccc1OCCCCc1ccccc1. The molecule has 0 heterocycles. The van der Waals surface area contributed by atoms with E-state index in [4.69, 9.17) is 4.74 Å². The molecule has 2 heteroatoms. The van der Waals surface area contributed by atoms with Crippen LogP contribution in [0.5, 0.6) is 5.75 Å². The molecule has 0 aliphatic rings. The first-order chi connectivity index (χ1) is 9.40. The Bertz CT molecular complexity index is 506. The predicted octanol–water partition coefficient (Wildman–Crippen LogP) is 3.55. The van der Waals surface area contributed by atoms with Gasteiger partial charge in [-0.25, -0.2) is 0 Å². The maximum atomic E-state index is 10.7. The average molecular weight is 253 g/mol. The quantitative estimate of drug-likeness (QED) is 0.705. The molecule has 0 amide bonds. The van der Waals surface area contributed by atoms with Gasteiger partial charge in [0.1, 0.15) is 5.75 Å². The molecule has 2 aromatic carbocycles. The number of ether oxygens (including phenoxy) is 1. The molecule has 0 bridgehead atoms. The van der Waals surface area contributed by atoms with Crippen molar-refractivity contribution in [2.45, 2.75) is 19.3 Å². The zero-order valence-corrected chi connectivity index (χ0v) is 10.8. The topological polar surface area (TPSA) is 26.3 Å². The molecular formula is C17H17O2. The summed E-state index contributed by atoms with van der Waals surface area (Å²) >= 11 is 0. The lowest BCUT2D eigenvalue weighted by atomic mass is 10.1. The highest BCUT2D eigenvalue weighted by atomic mass is 16.5. The third kappa shape index (κ3) is 4.25. The van der Waals surface area contributed by atoms with E-state index in [0.717, 1.165) is 19.3 Å². The van der Waals surface area contributed by atoms with Crippen LogP contribution in [0.2, 0.25) is 0 Å².